The number of carbonyl (C=O) groups excluding carboxylic acids is 2. The van der Waals surface area contributed by atoms with Gasteiger partial charge < -0.3 is 43.7 Å². The number of hydrogen-bond acceptors (Lipinski definition) is 11. The second-order valence-electron chi connectivity index (χ2n) is 15.1. The van der Waals surface area contributed by atoms with E-state index in [2.05, 4.69) is 0 Å². The molecule has 1 aliphatic carbocycles. The van der Waals surface area contributed by atoms with Gasteiger partial charge in [-0.3, -0.25) is 9.59 Å². The van der Waals surface area contributed by atoms with Crippen LogP contribution in [-0.4, -0.2) is 101 Å². The van der Waals surface area contributed by atoms with Gasteiger partial charge in [0, 0.05) is 31.8 Å². The van der Waals surface area contributed by atoms with E-state index in [-0.39, 0.29) is 25.4 Å². The van der Waals surface area contributed by atoms with Crippen molar-refractivity contribution in [3.05, 3.63) is 58.7 Å². The molecule has 0 radical (unpaired) electrons. The molecule has 11 heteroatoms. The Morgan fingerprint density at radius 3 is 2.50 bits per heavy atom. The van der Waals surface area contributed by atoms with Crippen LogP contribution in [0.15, 0.2) is 58.7 Å². The molecule has 1 spiro atoms. The fraction of sp³-hybridized carbons (Fsp3) is 0.692. The Hall–Kier alpha value is -2.64. The molecule has 4 heterocycles. The van der Waals surface area contributed by atoms with E-state index in [1.54, 1.807) is 32.1 Å². The molecule has 5 aliphatic rings. The molecule has 3 N–H and O–H groups in total. The van der Waals surface area contributed by atoms with Crippen LogP contribution in [-0.2, 0) is 38.0 Å². The van der Waals surface area contributed by atoms with Gasteiger partial charge >= 0.3 is 11.9 Å². The molecule has 4 aliphatic heterocycles. The molecule has 0 amide bonds. The van der Waals surface area contributed by atoms with Crippen molar-refractivity contribution in [1.29, 1.82) is 0 Å². The lowest BCUT2D eigenvalue weighted by molar-refractivity contribution is -0.380. The number of allylic oxidation sites excluding steroid dienone is 3. The zero-order chi connectivity index (χ0) is 36.7. The zero-order valence-corrected chi connectivity index (χ0v) is 30.8. The van der Waals surface area contributed by atoms with Crippen LogP contribution in [0.5, 0.6) is 0 Å². The highest BCUT2D eigenvalue weighted by atomic mass is 16.7. The minimum Gasteiger partial charge on any atom is -0.462 e. The molecule has 2 bridgehead atoms. The van der Waals surface area contributed by atoms with Crippen LogP contribution >= 0.6 is 0 Å². The Labute approximate surface area is 296 Å². The Morgan fingerprint density at radius 2 is 1.84 bits per heavy atom. The van der Waals surface area contributed by atoms with Crippen molar-refractivity contribution in [2.24, 2.45) is 23.7 Å². The highest BCUT2D eigenvalue weighted by Crippen LogP contribution is 2.48. The summed E-state index contributed by atoms with van der Waals surface area (Å²) >= 11 is 0. The Kier molecular flexibility index (Phi) is 11.7. The van der Waals surface area contributed by atoms with Crippen LogP contribution in [0.3, 0.4) is 0 Å². The number of ether oxygens (including phenoxy) is 6. The molecular formula is C39H56O11. The predicted molar refractivity (Wildman–Crippen MR) is 184 cm³/mol. The van der Waals surface area contributed by atoms with Gasteiger partial charge in [-0.2, -0.15) is 0 Å². The molecule has 5 rings (SSSR count). The average molecular weight is 701 g/mol. The standard InChI is InChI=1S/C39H56O11/c1-10-21(4)31-25(8)33(48-36(42)20(2)3)34(41)38(50-31)18-28-17-27(49-38)15-14-23(6)30(40)22(5)12-11-13-26-19-46-35-32(45-9)24(7)16-29(37(43)47-28)39(26,35)44/h10-14,16,20,22,25,27-35,40-41,44H,15,17-19H2,1-9H3/b12-11+,21-10+,23-14+,26-13+/t22-,25+,27+,28-,29-,30+,31+,32+,33-,34+,35+,38-,39+/m0/s1. The zero-order valence-electron chi connectivity index (χ0n) is 30.8. The van der Waals surface area contributed by atoms with E-state index in [4.69, 9.17) is 28.4 Å². The number of aliphatic hydroxyl groups is 3. The molecule has 11 nitrogen and oxygen atoms in total. The van der Waals surface area contributed by atoms with Crippen molar-refractivity contribution in [1.82, 2.24) is 0 Å². The van der Waals surface area contributed by atoms with E-state index >= 15 is 0 Å². The first-order valence-electron chi connectivity index (χ1n) is 17.9. The minimum absolute atomic E-state index is 0.0470. The van der Waals surface area contributed by atoms with Gasteiger partial charge in [-0.05, 0) is 56.4 Å². The number of aliphatic hydroxyl groups excluding tert-OH is 2. The molecule has 278 valence electrons. The average Bonchev–Trinajstić information content (AvgIpc) is 3.41. The molecule has 13 atom stereocenters. The smallest absolute Gasteiger partial charge is 0.316 e. The van der Waals surface area contributed by atoms with Gasteiger partial charge in [-0.25, -0.2) is 0 Å². The number of methoxy groups -OCH3 is 1. The number of hydrogen-bond donors (Lipinski definition) is 3. The molecule has 50 heavy (non-hydrogen) atoms. The van der Waals surface area contributed by atoms with Crippen molar-refractivity contribution >= 4 is 11.9 Å². The number of carbonyl (C=O) groups is 2. The van der Waals surface area contributed by atoms with Crippen LogP contribution in [0.25, 0.3) is 0 Å². The molecule has 3 saturated heterocycles. The van der Waals surface area contributed by atoms with Gasteiger partial charge in [0.05, 0.1) is 30.8 Å². The van der Waals surface area contributed by atoms with Crippen molar-refractivity contribution in [3.8, 4) is 0 Å². The van der Waals surface area contributed by atoms with Crippen molar-refractivity contribution < 1.29 is 53.3 Å². The van der Waals surface area contributed by atoms with E-state index in [9.17, 15) is 24.9 Å². The van der Waals surface area contributed by atoms with Crippen LogP contribution < -0.4 is 0 Å². The first-order chi connectivity index (χ1) is 23.6. The minimum atomic E-state index is -1.76. The lowest BCUT2D eigenvalue weighted by atomic mass is 9.70. The monoisotopic (exact) mass is 700 g/mol. The highest BCUT2D eigenvalue weighted by Gasteiger charge is 2.62. The summed E-state index contributed by atoms with van der Waals surface area (Å²) in [5.74, 6) is -5.06. The largest absolute Gasteiger partial charge is 0.462 e. The fourth-order valence-electron chi connectivity index (χ4n) is 8.09. The van der Waals surface area contributed by atoms with Gasteiger partial charge in [-0.1, -0.05) is 64.2 Å². The lowest BCUT2D eigenvalue weighted by Gasteiger charge is -2.54. The Morgan fingerprint density at radius 1 is 1.12 bits per heavy atom. The summed E-state index contributed by atoms with van der Waals surface area (Å²) in [6.45, 7) is 14.8. The van der Waals surface area contributed by atoms with Gasteiger partial charge in [0.2, 0.25) is 5.79 Å². The first-order valence-corrected chi connectivity index (χ1v) is 17.9. The van der Waals surface area contributed by atoms with Crippen molar-refractivity contribution in [2.45, 2.75) is 135 Å². The highest BCUT2D eigenvalue weighted by molar-refractivity contribution is 5.78. The predicted octanol–water partition coefficient (Wildman–Crippen LogP) is 4.25. The Bertz CT molecular complexity index is 1440. The van der Waals surface area contributed by atoms with E-state index < -0.39 is 89.9 Å². The normalized spacial score (nSPS) is 45.5. The molecule has 0 aromatic rings. The van der Waals surface area contributed by atoms with Gasteiger partial charge in [0.15, 0.2) is 0 Å². The van der Waals surface area contributed by atoms with Gasteiger partial charge in [0.1, 0.15) is 42.0 Å². The van der Waals surface area contributed by atoms with E-state index in [1.807, 2.05) is 59.8 Å². The van der Waals surface area contributed by atoms with Crippen molar-refractivity contribution in [2.75, 3.05) is 13.7 Å². The third kappa shape index (κ3) is 7.07. The van der Waals surface area contributed by atoms with Crippen molar-refractivity contribution in [3.63, 3.8) is 0 Å². The maximum absolute atomic E-state index is 14.3. The van der Waals surface area contributed by atoms with E-state index in [0.717, 1.165) is 16.7 Å². The lowest BCUT2D eigenvalue weighted by Crippen LogP contribution is -2.67. The van der Waals surface area contributed by atoms with E-state index in [0.29, 0.717) is 12.0 Å². The summed E-state index contributed by atoms with van der Waals surface area (Å²) in [7, 11) is 1.54. The number of esters is 2. The van der Waals surface area contributed by atoms with Gasteiger partial charge in [-0.15, -0.1) is 0 Å². The van der Waals surface area contributed by atoms with Crippen LogP contribution in [0.4, 0.5) is 0 Å². The number of fused-ring (bicyclic) bond motifs is 2. The summed E-state index contributed by atoms with van der Waals surface area (Å²) in [6, 6.07) is 0. The van der Waals surface area contributed by atoms with E-state index in [1.165, 1.54) is 7.11 Å². The third-order valence-electron chi connectivity index (χ3n) is 11.3. The second kappa shape index (κ2) is 15.1. The summed E-state index contributed by atoms with van der Waals surface area (Å²) < 4.78 is 37.5. The topological polar surface area (TPSA) is 150 Å². The second-order valence-corrected chi connectivity index (χ2v) is 15.1. The summed E-state index contributed by atoms with van der Waals surface area (Å²) in [6.07, 6.45) is 4.77. The summed E-state index contributed by atoms with van der Waals surface area (Å²) in [5.41, 5.74) is 1.05. The first kappa shape index (κ1) is 38.6. The molecule has 0 unspecified atom stereocenters. The molecule has 0 aromatic heterocycles. The fourth-order valence-corrected chi connectivity index (χ4v) is 8.09. The van der Waals surface area contributed by atoms with Gasteiger partial charge in [0.25, 0.3) is 0 Å². The third-order valence-corrected chi connectivity index (χ3v) is 11.3. The SMILES string of the molecule is C/C=C(\C)[C@H]1O[C@@]2(C[C@@H]3C[C@@H](C/C=C(\C)[C@H](O)[C@@H](C)/C=C/C=C4\CO[C@@H]5[C@H](OC)C(C)=C[C@@H](C(=O)O3)[C@]45O)O2)[C@H](O)[C@@H](OC(=O)C(C)C)[C@@H]1C. The Balaban J connectivity index is 1.60. The molecule has 0 aromatic carbocycles. The maximum Gasteiger partial charge on any atom is 0.316 e. The van der Waals surface area contributed by atoms with Crippen LogP contribution in [0.1, 0.15) is 74.7 Å². The summed E-state index contributed by atoms with van der Waals surface area (Å²) in [4.78, 5) is 27.3. The number of rotatable bonds is 4. The molecule has 0 saturated carbocycles. The van der Waals surface area contributed by atoms with Crippen LogP contribution in [0.2, 0.25) is 0 Å². The summed E-state index contributed by atoms with van der Waals surface area (Å²) in [5, 5.41) is 35.7. The quantitative estimate of drug-likeness (QED) is 0.285. The molecular weight excluding hydrogens is 644 g/mol. The molecule has 3 fully saturated rings. The van der Waals surface area contributed by atoms with Crippen LogP contribution in [0, 0.1) is 23.7 Å². The maximum atomic E-state index is 14.3.